The molecule has 0 unspecified atom stereocenters. The summed E-state index contributed by atoms with van der Waals surface area (Å²) >= 11 is 11.7. The number of hydrogen-bond acceptors (Lipinski definition) is 3. The molecule has 7 heteroatoms. The molecule has 3 N–H and O–H groups in total. The van der Waals surface area contributed by atoms with E-state index in [1.54, 1.807) is 18.2 Å². The molecule has 3 rings (SSSR count). The van der Waals surface area contributed by atoms with E-state index in [2.05, 4.69) is 42.4 Å². The minimum Gasteiger partial charge on any atom is -0.375 e. The molecule has 3 aromatic rings. The maximum absolute atomic E-state index is 12.9. The molecular weight excluding hydrogens is 502 g/mol. The second-order valence-electron chi connectivity index (χ2n) is 5.86. The normalized spacial score (nSPS) is 11.1. The van der Waals surface area contributed by atoms with Crippen molar-refractivity contribution in [1.82, 2.24) is 5.43 Å². The Bertz CT molecular complexity index is 1050. The van der Waals surface area contributed by atoms with Crippen molar-refractivity contribution in [2.24, 2.45) is 10.8 Å². The Kier molecular flexibility index (Phi) is 6.72. The SMILES string of the molecule is NC(=S)N/N=C(\c1ccc(Br)cc1)c1cccc(C(=O)c2ccc(Br)cc2)c1. The fraction of sp³-hybridized carbons (Fsp3) is 0. The molecule has 0 aromatic heterocycles. The van der Waals surface area contributed by atoms with Gasteiger partial charge in [0.1, 0.15) is 0 Å². The van der Waals surface area contributed by atoms with Gasteiger partial charge in [-0.2, -0.15) is 5.10 Å². The van der Waals surface area contributed by atoms with Gasteiger partial charge in [0.05, 0.1) is 5.71 Å². The molecule has 4 nitrogen and oxygen atoms in total. The van der Waals surface area contributed by atoms with Gasteiger partial charge in [-0.25, -0.2) is 0 Å². The summed E-state index contributed by atoms with van der Waals surface area (Å²) in [4.78, 5) is 12.9. The van der Waals surface area contributed by atoms with Crippen molar-refractivity contribution in [3.8, 4) is 0 Å². The molecule has 0 aliphatic carbocycles. The Hall–Kier alpha value is -2.35. The lowest BCUT2D eigenvalue weighted by Crippen LogP contribution is -2.26. The highest BCUT2D eigenvalue weighted by molar-refractivity contribution is 9.10. The summed E-state index contributed by atoms with van der Waals surface area (Å²) in [5.74, 6) is -0.0631. The van der Waals surface area contributed by atoms with Gasteiger partial charge in [0.25, 0.3) is 0 Å². The summed E-state index contributed by atoms with van der Waals surface area (Å²) in [5, 5.41) is 4.41. The smallest absolute Gasteiger partial charge is 0.193 e. The first kappa shape index (κ1) is 20.4. The molecular formula is C21H15Br2N3OS. The lowest BCUT2D eigenvalue weighted by molar-refractivity contribution is 0.103. The van der Waals surface area contributed by atoms with Crippen LogP contribution in [0.25, 0.3) is 0 Å². The third-order valence-electron chi connectivity index (χ3n) is 3.90. The van der Waals surface area contributed by atoms with Crippen LogP contribution in [0.2, 0.25) is 0 Å². The Balaban J connectivity index is 2.01. The summed E-state index contributed by atoms with van der Waals surface area (Å²) in [6.07, 6.45) is 0. The quantitative estimate of drug-likeness (QED) is 0.216. The molecule has 0 saturated carbocycles. The highest BCUT2D eigenvalue weighted by Gasteiger charge is 2.13. The topological polar surface area (TPSA) is 67.5 Å². The Morgan fingerprint density at radius 3 is 1.93 bits per heavy atom. The lowest BCUT2D eigenvalue weighted by Gasteiger charge is -2.10. The zero-order valence-electron chi connectivity index (χ0n) is 14.5. The zero-order valence-corrected chi connectivity index (χ0v) is 18.5. The number of ketones is 1. The van der Waals surface area contributed by atoms with Crippen LogP contribution in [0, 0.1) is 0 Å². The molecule has 0 fully saturated rings. The molecule has 0 radical (unpaired) electrons. The summed E-state index contributed by atoms with van der Waals surface area (Å²) in [6.45, 7) is 0. The van der Waals surface area contributed by atoms with E-state index in [1.165, 1.54) is 0 Å². The zero-order chi connectivity index (χ0) is 20.1. The van der Waals surface area contributed by atoms with Crippen molar-refractivity contribution in [3.63, 3.8) is 0 Å². The van der Waals surface area contributed by atoms with Crippen molar-refractivity contribution in [1.29, 1.82) is 0 Å². The first-order chi connectivity index (χ1) is 13.4. The molecule has 0 spiro atoms. The van der Waals surface area contributed by atoms with E-state index >= 15 is 0 Å². The van der Waals surface area contributed by atoms with Gasteiger partial charge in [0.2, 0.25) is 0 Å². The molecule has 0 aliphatic rings. The van der Waals surface area contributed by atoms with Gasteiger partial charge in [-0.3, -0.25) is 10.2 Å². The molecule has 0 amide bonds. The number of thiocarbonyl (C=S) groups is 1. The van der Waals surface area contributed by atoms with Gasteiger partial charge in [-0.1, -0.05) is 62.2 Å². The van der Waals surface area contributed by atoms with Crippen molar-refractivity contribution in [3.05, 3.63) is 104 Å². The molecule has 28 heavy (non-hydrogen) atoms. The number of hydrazone groups is 1. The van der Waals surface area contributed by atoms with Crippen molar-refractivity contribution >= 4 is 60.7 Å². The minimum absolute atomic E-state index is 0.0631. The number of carbonyl (C=O) groups is 1. The Morgan fingerprint density at radius 1 is 0.821 bits per heavy atom. The molecule has 0 bridgehead atoms. The second kappa shape index (κ2) is 9.23. The van der Waals surface area contributed by atoms with Crippen LogP contribution in [0.4, 0.5) is 0 Å². The van der Waals surface area contributed by atoms with E-state index in [1.807, 2.05) is 54.6 Å². The third kappa shape index (κ3) is 5.13. The van der Waals surface area contributed by atoms with Crippen LogP contribution < -0.4 is 11.2 Å². The first-order valence-electron chi connectivity index (χ1n) is 8.24. The van der Waals surface area contributed by atoms with Gasteiger partial charge < -0.3 is 5.73 Å². The van der Waals surface area contributed by atoms with E-state index < -0.39 is 0 Å². The monoisotopic (exact) mass is 515 g/mol. The maximum atomic E-state index is 12.9. The van der Waals surface area contributed by atoms with Crippen LogP contribution in [0.5, 0.6) is 0 Å². The van der Waals surface area contributed by atoms with Gasteiger partial charge in [-0.15, -0.1) is 0 Å². The highest BCUT2D eigenvalue weighted by Crippen LogP contribution is 2.19. The number of rotatable bonds is 5. The molecule has 0 saturated heterocycles. The number of nitrogens with two attached hydrogens (primary N) is 1. The number of benzene rings is 3. The summed E-state index contributed by atoms with van der Waals surface area (Å²) in [6, 6.07) is 22.3. The standard InChI is InChI=1S/C21H15Br2N3OS/c22-17-8-4-13(5-9-17)19(25-26-21(24)28)15-2-1-3-16(12-15)20(27)14-6-10-18(23)11-7-14/h1-12H,(H3,24,26,28)/b25-19+. The third-order valence-corrected chi connectivity index (χ3v) is 5.05. The van der Waals surface area contributed by atoms with E-state index in [-0.39, 0.29) is 10.9 Å². The summed E-state index contributed by atoms with van der Waals surface area (Å²) in [7, 11) is 0. The molecule has 140 valence electrons. The van der Waals surface area contributed by atoms with Crippen LogP contribution in [0.3, 0.4) is 0 Å². The average molecular weight is 517 g/mol. The largest absolute Gasteiger partial charge is 0.375 e. The summed E-state index contributed by atoms with van der Waals surface area (Å²) < 4.78 is 1.88. The van der Waals surface area contributed by atoms with Crippen LogP contribution in [-0.4, -0.2) is 16.6 Å². The van der Waals surface area contributed by atoms with E-state index in [0.717, 1.165) is 20.1 Å². The van der Waals surface area contributed by atoms with Crippen molar-refractivity contribution < 1.29 is 4.79 Å². The number of nitrogens with zero attached hydrogens (tertiary/aromatic N) is 1. The van der Waals surface area contributed by atoms with Gasteiger partial charge in [-0.05, 0) is 54.7 Å². The van der Waals surface area contributed by atoms with Crippen molar-refractivity contribution in [2.45, 2.75) is 0 Å². The lowest BCUT2D eigenvalue weighted by atomic mass is 9.97. The fourth-order valence-corrected chi connectivity index (χ4v) is 3.16. The number of carbonyl (C=O) groups excluding carboxylic acids is 1. The highest BCUT2D eigenvalue weighted by atomic mass is 79.9. The summed E-state index contributed by atoms with van der Waals surface area (Å²) in [5.41, 5.74) is 11.6. The van der Waals surface area contributed by atoms with Gasteiger partial charge in [0.15, 0.2) is 10.9 Å². The Labute approximate surface area is 185 Å². The van der Waals surface area contributed by atoms with Crippen LogP contribution in [0.15, 0.2) is 86.8 Å². The van der Waals surface area contributed by atoms with Crippen LogP contribution in [-0.2, 0) is 0 Å². The van der Waals surface area contributed by atoms with E-state index in [0.29, 0.717) is 16.8 Å². The van der Waals surface area contributed by atoms with Crippen LogP contribution in [0.1, 0.15) is 27.0 Å². The van der Waals surface area contributed by atoms with Crippen LogP contribution >= 0.6 is 44.1 Å². The molecule has 3 aromatic carbocycles. The molecule has 0 atom stereocenters. The molecule has 0 heterocycles. The predicted molar refractivity (Wildman–Crippen MR) is 124 cm³/mol. The van der Waals surface area contributed by atoms with Gasteiger partial charge in [0, 0.05) is 31.2 Å². The average Bonchev–Trinajstić information content (AvgIpc) is 2.69. The second-order valence-corrected chi connectivity index (χ2v) is 8.13. The predicted octanol–water partition coefficient (Wildman–Crippen LogP) is 5.03. The number of nitrogens with one attached hydrogen (secondary N) is 1. The minimum atomic E-state index is -0.0631. The number of hydrogen-bond donors (Lipinski definition) is 2. The Morgan fingerprint density at radius 2 is 1.36 bits per heavy atom. The van der Waals surface area contributed by atoms with Gasteiger partial charge >= 0.3 is 0 Å². The van der Waals surface area contributed by atoms with E-state index in [4.69, 9.17) is 18.0 Å². The molecule has 0 aliphatic heterocycles. The maximum Gasteiger partial charge on any atom is 0.193 e. The number of halogens is 2. The fourth-order valence-electron chi connectivity index (χ4n) is 2.59. The first-order valence-corrected chi connectivity index (χ1v) is 10.2. The van der Waals surface area contributed by atoms with E-state index in [9.17, 15) is 4.79 Å². The van der Waals surface area contributed by atoms with Crippen molar-refractivity contribution in [2.75, 3.05) is 0 Å².